The molecule has 1 rings (SSSR count). The van der Waals surface area contributed by atoms with Gasteiger partial charge in [-0.1, -0.05) is 5.21 Å². The van der Waals surface area contributed by atoms with Crippen LogP contribution in [0.15, 0.2) is 0 Å². The number of hydrogen-bond acceptors (Lipinski definition) is 6. The van der Waals surface area contributed by atoms with Gasteiger partial charge in [-0.15, -0.1) is 10.2 Å². The Kier molecular flexibility index (Phi) is 4.90. The van der Waals surface area contributed by atoms with E-state index in [2.05, 4.69) is 30.7 Å². The number of nitrogens with one attached hydrogen (secondary N) is 2. The van der Waals surface area contributed by atoms with Crippen LogP contribution in [0.3, 0.4) is 0 Å². The van der Waals surface area contributed by atoms with Crippen molar-refractivity contribution in [1.82, 2.24) is 25.9 Å². The fourth-order valence-electron chi connectivity index (χ4n) is 0.972. The van der Waals surface area contributed by atoms with Gasteiger partial charge in [-0.2, -0.15) is 5.21 Å². The molecule has 0 unspecified atom stereocenters. The molecule has 8 nitrogen and oxygen atoms in total. The summed E-state index contributed by atoms with van der Waals surface area (Å²) in [6.07, 6.45) is 0.169. The van der Waals surface area contributed by atoms with Crippen LogP contribution < -0.4 is 5.32 Å². The summed E-state index contributed by atoms with van der Waals surface area (Å²) in [7, 11) is 0. The first-order chi connectivity index (χ1) is 7.72. The summed E-state index contributed by atoms with van der Waals surface area (Å²) in [6, 6.07) is 0. The number of hydrogen-bond donors (Lipinski definition) is 2. The third kappa shape index (κ3) is 4.49. The normalized spacial score (nSPS) is 9.81. The summed E-state index contributed by atoms with van der Waals surface area (Å²) in [4.78, 5) is 22.2. The molecule has 2 N–H and O–H groups in total. The van der Waals surface area contributed by atoms with Crippen molar-refractivity contribution in [3.05, 3.63) is 5.82 Å². The molecule has 0 aliphatic carbocycles. The van der Waals surface area contributed by atoms with Crippen LogP contribution in [-0.4, -0.2) is 39.1 Å². The maximum Gasteiger partial charge on any atom is 0.306 e. The molecule has 0 saturated carbocycles. The number of amides is 1. The van der Waals surface area contributed by atoms with E-state index in [-0.39, 0.29) is 31.3 Å². The number of carbonyl (C=O) groups is 2. The predicted octanol–water partition coefficient (Wildman–Crippen LogP) is -0.841. The second kappa shape index (κ2) is 6.49. The average molecular weight is 227 g/mol. The maximum absolute atomic E-state index is 11.2. The lowest BCUT2D eigenvalue weighted by atomic mass is 10.3. The summed E-state index contributed by atoms with van der Waals surface area (Å²) >= 11 is 0. The molecule has 0 fully saturated rings. The van der Waals surface area contributed by atoms with Crippen LogP contribution in [0.4, 0.5) is 0 Å². The van der Waals surface area contributed by atoms with Crippen LogP contribution >= 0.6 is 0 Å². The lowest BCUT2D eigenvalue weighted by molar-refractivity contribution is -0.144. The highest BCUT2D eigenvalue weighted by atomic mass is 16.5. The van der Waals surface area contributed by atoms with Gasteiger partial charge in [0.1, 0.15) is 0 Å². The van der Waals surface area contributed by atoms with E-state index in [0.29, 0.717) is 12.4 Å². The zero-order chi connectivity index (χ0) is 11.8. The molecule has 8 heteroatoms. The SMILES string of the molecule is CCOC(=O)CCC(=O)NCc1nn[nH]n1. The van der Waals surface area contributed by atoms with Crippen molar-refractivity contribution in [2.24, 2.45) is 0 Å². The minimum Gasteiger partial charge on any atom is -0.466 e. The number of esters is 1. The van der Waals surface area contributed by atoms with E-state index >= 15 is 0 Å². The molecule has 0 atom stereocenters. The van der Waals surface area contributed by atoms with Crippen molar-refractivity contribution in [3.8, 4) is 0 Å². The summed E-state index contributed by atoms with van der Waals surface area (Å²) in [6.45, 7) is 2.23. The van der Waals surface area contributed by atoms with Gasteiger partial charge in [0, 0.05) is 6.42 Å². The van der Waals surface area contributed by atoms with Crippen molar-refractivity contribution in [1.29, 1.82) is 0 Å². The van der Waals surface area contributed by atoms with Crippen molar-refractivity contribution < 1.29 is 14.3 Å². The van der Waals surface area contributed by atoms with Crippen molar-refractivity contribution in [2.75, 3.05) is 6.61 Å². The fraction of sp³-hybridized carbons (Fsp3) is 0.625. The molecule has 0 aliphatic heterocycles. The summed E-state index contributed by atoms with van der Waals surface area (Å²) < 4.78 is 4.68. The number of ether oxygens (including phenoxy) is 1. The van der Waals surface area contributed by atoms with Gasteiger partial charge in [0.2, 0.25) is 5.91 Å². The van der Waals surface area contributed by atoms with Gasteiger partial charge in [0.15, 0.2) is 5.82 Å². The quantitative estimate of drug-likeness (QED) is 0.613. The number of H-pyrrole nitrogens is 1. The summed E-state index contributed by atoms with van der Waals surface area (Å²) in [5.74, 6) is -0.237. The molecule has 1 aromatic heterocycles. The topological polar surface area (TPSA) is 110 Å². The molecule has 0 radical (unpaired) electrons. The Morgan fingerprint density at radius 2 is 2.25 bits per heavy atom. The number of nitrogens with zero attached hydrogens (tertiary/aromatic N) is 3. The van der Waals surface area contributed by atoms with Gasteiger partial charge < -0.3 is 10.1 Å². The van der Waals surface area contributed by atoms with Crippen molar-refractivity contribution >= 4 is 11.9 Å². The van der Waals surface area contributed by atoms with E-state index in [1.54, 1.807) is 6.92 Å². The zero-order valence-corrected chi connectivity index (χ0v) is 8.89. The highest BCUT2D eigenvalue weighted by molar-refractivity contribution is 5.81. The van der Waals surface area contributed by atoms with Gasteiger partial charge in [-0.25, -0.2) is 0 Å². The maximum atomic E-state index is 11.2. The van der Waals surface area contributed by atoms with E-state index < -0.39 is 0 Å². The lowest BCUT2D eigenvalue weighted by Gasteiger charge is -2.02. The largest absolute Gasteiger partial charge is 0.466 e. The highest BCUT2D eigenvalue weighted by Crippen LogP contribution is 1.93. The van der Waals surface area contributed by atoms with Crippen LogP contribution in [-0.2, 0) is 20.9 Å². The van der Waals surface area contributed by atoms with Crippen LogP contribution in [0, 0.1) is 0 Å². The fourth-order valence-corrected chi connectivity index (χ4v) is 0.972. The number of tetrazole rings is 1. The number of aromatic amines is 1. The van der Waals surface area contributed by atoms with E-state index in [1.807, 2.05) is 0 Å². The summed E-state index contributed by atoms with van der Waals surface area (Å²) in [5.41, 5.74) is 0. The highest BCUT2D eigenvalue weighted by Gasteiger charge is 2.07. The molecule has 0 bridgehead atoms. The predicted molar refractivity (Wildman–Crippen MR) is 51.9 cm³/mol. The Balaban J connectivity index is 2.14. The number of carbonyl (C=O) groups excluding carboxylic acids is 2. The van der Waals surface area contributed by atoms with E-state index in [4.69, 9.17) is 0 Å². The third-order valence-corrected chi connectivity index (χ3v) is 1.69. The van der Waals surface area contributed by atoms with Crippen LogP contribution in [0.25, 0.3) is 0 Å². The van der Waals surface area contributed by atoms with Gasteiger partial charge in [-0.3, -0.25) is 9.59 Å². The van der Waals surface area contributed by atoms with E-state index in [9.17, 15) is 9.59 Å². The first-order valence-corrected chi connectivity index (χ1v) is 4.87. The van der Waals surface area contributed by atoms with Crippen LogP contribution in [0.5, 0.6) is 0 Å². The zero-order valence-electron chi connectivity index (χ0n) is 8.89. The van der Waals surface area contributed by atoms with E-state index in [1.165, 1.54) is 0 Å². The molecule has 16 heavy (non-hydrogen) atoms. The minimum absolute atomic E-state index is 0.0753. The Hall–Kier alpha value is -1.99. The molecule has 1 aromatic rings. The van der Waals surface area contributed by atoms with Gasteiger partial charge in [-0.05, 0) is 6.92 Å². The van der Waals surface area contributed by atoms with Gasteiger partial charge in [0.25, 0.3) is 0 Å². The second-order valence-electron chi connectivity index (χ2n) is 2.91. The summed E-state index contributed by atoms with van der Waals surface area (Å²) in [5, 5.41) is 15.5. The first kappa shape index (κ1) is 12.1. The molecule has 0 spiro atoms. The molecule has 1 heterocycles. The molecule has 0 saturated heterocycles. The Labute approximate surface area is 91.7 Å². The van der Waals surface area contributed by atoms with E-state index in [0.717, 1.165) is 0 Å². The molecule has 0 aliphatic rings. The van der Waals surface area contributed by atoms with Crippen LogP contribution in [0.2, 0.25) is 0 Å². The molecular weight excluding hydrogens is 214 g/mol. The lowest BCUT2D eigenvalue weighted by Crippen LogP contribution is -2.24. The second-order valence-corrected chi connectivity index (χ2v) is 2.91. The smallest absolute Gasteiger partial charge is 0.306 e. The molecular formula is C8H13N5O3. The Morgan fingerprint density at radius 3 is 2.88 bits per heavy atom. The Morgan fingerprint density at radius 1 is 1.44 bits per heavy atom. The van der Waals surface area contributed by atoms with Crippen molar-refractivity contribution in [3.63, 3.8) is 0 Å². The van der Waals surface area contributed by atoms with Gasteiger partial charge >= 0.3 is 5.97 Å². The molecule has 88 valence electrons. The number of rotatable bonds is 6. The Bertz CT molecular complexity index is 337. The number of aromatic nitrogens is 4. The van der Waals surface area contributed by atoms with Crippen molar-refractivity contribution in [2.45, 2.75) is 26.3 Å². The molecule has 0 aromatic carbocycles. The average Bonchev–Trinajstić information content (AvgIpc) is 2.77. The molecule has 1 amide bonds. The monoisotopic (exact) mass is 227 g/mol. The van der Waals surface area contributed by atoms with Crippen LogP contribution in [0.1, 0.15) is 25.6 Å². The standard InChI is InChI=1S/C8H13N5O3/c1-2-16-8(15)4-3-7(14)9-5-6-10-12-13-11-6/h2-5H2,1H3,(H,9,14)(H,10,11,12,13). The first-order valence-electron chi connectivity index (χ1n) is 4.87. The minimum atomic E-state index is -0.378. The van der Waals surface area contributed by atoms with Gasteiger partial charge in [0.05, 0.1) is 19.6 Å². The third-order valence-electron chi connectivity index (χ3n) is 1.69.